The Bertz CT molecular complexity index is 362. The van der Waals surface area contributed by atoms with Gasteiger partial charge in [0.25, 0.3) is 0 Å². The Morgan fingerprint density at radius 1 is 1.26 bits per heavy atom. The topological polar surface area (TPSA) is 116 Å². The van der Waals surface area contributed by atoms with Crippen molar-refractivity contribution in [3.8, 4) is 0 Å². The minimum Gasteiger partial charge on any atom is -0.481 e. The van der Waals surface area contributed by atoms with Crippen molar-refractivity contribution in [1.29, 1.82) is 0 Å². The molecule has 0 aromatic rings. The summed E-state index contributed by atoms with van der Waals surface area (Å²) in [4.78, 5) is 34.7. The van der Waals surface area contributed by atoms with E-state index >= 15 is 0 Å². The van der Waals surface area contributed by atoms with Crippen molar-refractivity contribution in [2.75, 3.05) is 13.1 Å². The van der Waals surface area contributed by atoms with Crippen molar-refractivity contribution in [1.82, 2.24) is 10.2 Å². The van der Waals surface area contributed by atoms with E-state index in [0.717, 1.165) is 0 Å². The summed E-state index contributed by atoms with van der Waals surface area (Å²) in [7, 11) is 0. The molecule has 1 rings (SSSR count). The van der Waals surface area contributed by atoms with E-state index in [-0.39, 0.29) is 12.2 Å². The molecule has 1 aliphatic heterocycles. The number of amides is 2. The first-order chi connectivity index (χ1) is 8.79. The quantitative estimate of drug-likeness (QED) is 0.650. The van der Waals surface area contributed by atoms with Crippen molar-refractivity contribution in [3.05, 3.63) is 0 Å². The fourth-order valence-electron chi connectivity index (χ4n) is 1.96. The number of carboxylic acid groups (broad SMARTS) is 2. The third kappa shape index (κ3) is 4.74. The van der Waals surface area contributed by atoms with Crippen LogP contribution in [0.15, 0.2) is 0 Å². The van der Waals surface area contributed by atoms with E-state index in [4.69, 9.17) is 14.9 Å². The van der Waals surface area contributed by atoms with Crippen LogP contribution >= 0.6 is 0 Å². The van der Waals surface area contributed by atoms with Gasteiger partial charge in [0.05, 0.1) is 18.6 Å². The predicted octanol–water partition coefficient (Wildman–Crippen LogP) is -0.267. The summed E-state index contributed by atoms with van der Waals surface area (Å²) in [5.74, 6) is -2.65. The van der Waals surface area contributed by atoms with Crippen LogP contribution in [0, 0.1) is 0 Å². The van der Waals surface area contributed by atoms with Crippen molar-refractivity contribution in [2.24, 2.45) is 0 Å². The normalized spacial score (nSPS) is 24.6. The number of nitrogens with zero attached hydrogens (tertiary/aromatic N) is 1. The molecule has 2 amide bonds. The molecule has 0 aromatic heterocycles. The molecule has 0 aromatic carbocycles. The number of urea groups is 1. The molecule has 8 heteroatoms. The highest BCUT2D eigenvalue weighted by Gasteiger charge is 2.29. The van der Waals surface area contributed by atoms with E-state index in [2.05, 4.69) is 5.32 Å². The van der Waals surface area contributed by atoms with Crippen LogP contribution in [0.5, 0.6) is 0 Å². The van der Waals surface area contributed by atoms with Crippen molar-refractivity contribution >= 4 is 18.0 Å². The monoisotopic (exact) mass is 274 g/mol. The summed E-state index contributed by atoms with van der Waals surface area (Å²) in [6, 6.07) is -2.02. The van der Waals surface area contributed by atoms with E-state index in [1.807, 2.05) is 13.8 Å². The Kier molecular flexibility index (Phi) is 5.11. The van der Waals surface area contributed by atoms with Gasteiger partial charge in [-0.05, 0) is 13.8 Å². The van der Waals surface area contributed by atoms with E-state index in [1.54, 1.807) is 0 Å². The van der Waals surface area contributed by atoms with E-state index in [9.17, 15) is 14.4 Å². The predicted molar refractivity (Wildman–Crippen MR) is 63.8 cm³/mol. The van der Waals surface area contributed by atoms with Gasteiger partial charge in [-0.25, -0.2) is 9.59 Å². The summed E-state index contributed by atoms with van der Waals surface area (Å²) < 4.78 is 5.45. The first-order valence-electron chi connectivity index (χ1n) is 5.95. The van der Waals surface area contributed by atoms with Crippen molar-refractivity contribution in [2.45, 2.75) is 38.5 Å². The molecule has 1 fully saturated rings. The van der Waals surface area contributed by atoms with Gasteiger partial charge in [-0.15, -0.1) is 0 Å². The Hall–Kier alpha value is -1.83. The van der Waals surface area contributed by atoms with Gasteiger partial charge >= 0.3 is 18.0 Å². The highest BCUT2D eigenvalue weighted by molar-refractivity contribution is 5.86. The number of nitrogens with one attached hydrogen (secondary N) is 1. The van der Waals surface area contributed by atoms with Crippen molar-refractivity contribution < 1.29 is 29.3 Å². The van der Waals surface area contributed by atoms with Gasteiger partial charge < -0.3 is 25.2 Å². The number of aliphatic carboxylic acids is 2. The van der Waals surface area contributed by atoms with Crippen LogP contribution in [0.25, 0.3) is 0 Å². The van der Waals surface area contributed by atoms with Crippen LogP contribution < -0.4 is 5.32 Å². The maximum atomic E-state index is 11.9. The average molecular weight is 274 g/mol. The van der Waals surface area contributed by atoms with Crippen LogP contribution in [0.3, 0.4) is 0 Å². The molecule has 0 radical (unpaired) electrons. The molecule has 19 heavy (non-hydrogen) atoms. The van der Waals surface area contributed by atoms with Gasteiger partial charge in [0.2, 0.25) is 0 Å². The first kappa shape index (κ1) is 15.2. The summed E-state index contributed by atoms with van der Waals surface area (Å²) in [6.45, 7) is 4.30. The summed E-state index contributed by atoms with van der Waals surface area (Å²) in [5.41, 5.74) is 0. The lowest BCUT2D eigenvalue weighted by atomic mass is 10.2. The number of carbonyl (C=O) groups is 3. The zero-order chi connectivity index (χ0) is 14.6. The van der Waals surface area contributed by atoms with Gasteiger partial charge in [-0.1, -0.05) is 0 Å². The number of carbonyl (C=O) groups excluding carboxylic acids is 1. The second-order valence-electron chi connectivity index (χ2n) is 4.60. The maximum absolute atomic E-state index is 11.9. The second kappa shape index (κ2) is 6.37. The molecule has 0 saturated carbocycles. The lowest BCUT2D eigenvalue weighted by Gasteiger charge is -2.35. The van der Waals surface area contributed by atoms with Gasteiger partial charge in [0.15, 0.2) is 0 Å². The summed E-state index contributed by atoms with van der Waals surface area (Å²) in [6.07, 6.45) is -0.939. The lowest BCUT2D eigenvalue weighted by Crippen LogP contribution is -2.55. The number of hydrogen-bond donors (Lipinski definition) is 3. The maximum Gasteiger partial charge on any atom is 0.326 e. The minimum absolute atomic E-state index is 0.141. The number of carboxylic acids is 2. The Labute approximate surface area is 110 Å². The molecule has 1 aliphatic rings. The van der Waals surface area contributed by atoms with Crippen LogP contribution in [-0.4, -0.2) is 64.4 Å². The van der Waals surface area contributed by atoms with Crippen LogP contribution in [0.4, 0.5) is 4.79 Å². The molecule has 1 saturated heterocycles. The average Bonchev–Trinajstić information content (AvgIpc) is 2.25. The summed E-state index contributed by atoms with van der Waals surface area (Å²) in [5, 5.41) is 19.7. The molecule has 0 aliphatic carbocycles. The van der Waals surface area contributed by atoms with Crippen molar-refractivity contribution in [3.63, 3.8) is 0 Å². The second-order valence-corrected chi connectivity index (χ2v) is 4.60. The van der Waals surface area contributed by atoms with Gasteiger partial charge in [0, 0.05) is 13.1 Å². The van der Waals surface area contributed by atoms with Gasteiger partial charge in [0.1, 0.15) is 6.04 Å². The summed E-state index contributed by atoms with van der Waals surface area (Å²) >= 11 is 0. The third-order valence-corrected chi connectivity index (χ3v) is 2.68. The fraction of sp³-hybridized carbons (Fsp3) is 0.727. The Morgan fingerprint density at radius 3 is 2.21 bits per heavy atom. The van der Waals surface area contributed by atoms with Crippen LogP contribution in [0.1, 0.15) is 20.3 Å². The van der Waals surface area contributed by atoms with Gasteiger partial charge in [-0.2, -0.15) is 0 Å². The number of hydrogen-bond acceptors (Lipinski definition) is 4. The van der Waals surface area contributed by atoms with E-state index in [0.29, 0.717) is 13.1 Å². The number of morpholine rings is 1. The van der Waals surface area contributed by atoms with Crippen LogP contribution in [-0.2, 0) is 14.3 Å². The molecule has 0 bridgehead atoms. The zero-order valence-electron chi connectivity index (χ0n) is 10.8. The first-order valence-corrected chi connectivity index (χ1v) is 5.95. The Morgan fingerprint density at radius 2 is 1.79 bits per heavy atom. The number of ether oxygens (including phenoxy) is 1. The Balaban J connectivity index is 2.61. The highest BCUT2D eigenvalue weighted by atomic mass is 16.5. The molecule has 3 N–H and O–H groups in total. The lowest BCUT2D eigenvalue weighted by molar-refractivity contribution is -0.145. The largest absolute Gasteiger partial charge is 0.481 e. The third-order valence-electron chi connectivity index (χ3n) is 2.68. The van der Waals surface area contributed by atoms with E-state index < -0.39 is 30.4 Å². The minimum atomic E-state index is -1.43. The number of rotatable bonds is 4. The molecular weight excluding hydrogens is 256 g/mol. The fourth-order valence-corrected chi connectivity index (χ4v) is 1.96. The zero-order valence-corrected chi connectivity index (χ0v) is 10.8. The highest BCUT2D eigenvalue weighted by Crippen LogP contribution is 2.11. The van der Waals surface area contributed by atoms with Gasteiger partial charge in [-0.3, -0.25) is 4.79 Å². The molecule has 8 nitrogen and oxygen atoms in total. The molecule has 108 valence electrons. The smallest absolute Gasteiger partial charge is 0.326 e. The molecule has 3 atom stereocenters. The molecule has 0 unspecified atom stereocenters. The standard InChI is InChI=1S/C11H18N2O6/c1-6-4-13(5-7(2)19-6)11(18)12-8(10(16)17)3-9(14)15/h6-8H,3-5H2,1-2H3,(H,12,18)(H,14,15)(H,16,17)/t6-,7+,8-/m1/s1. The molecule has 0 spiro atoms. The molecule has 1 heterocycles. The van der Waals surface area contributed by atoms with E-state index in [1.165, 1.54) is 4.90 Å². The molecular formula is C11H18N2O6. The van der Waals surface area contributed by atoms with Crippen LogP contribution in [0.2, 0.25) is 0 Å². The SMILES string of the molecule is C[C@@H]1CN(C(=O)N[C@H](CC(=O)O)C(=O)O)C[C@H](C)O1.